The number of carbonyl (C=O) groups is 1. The Kier molecular flexibility index (Phi) is 2.67. The highest BCUT2D eigenvalue weighted by Gasteiger charge is 2.28. The van der Waals surface area contributed by atoms with Gasteiger partial charge in [0.25, 0.3) is 5.91 Å². The molecule has 1 heterocycles. The predicted octanol–water partition coefficient (Wildman–Crippen LogP) is 3.34. The molecule has 0 aromatic heterocycles. The number of anilines is 1. The molecule has 0 fully saturated rings. The number of nitrogens with zero attached hydrogens (tertiary/aromatic N) is 1. The van der Waals surface area contributed by atoms with Gasteiger partial charge in [0, 0.05) is 18.2 Å². The monoisotopic (exact) mass is 253 g/mol. The third kappa shape index (κ3) is 1.93. The normalized spacial score (nSPS) is 16.0. The fraction of sp³-hybridized carbons (Fsp3) is 0.0625. The molecule has 0 spiro atoms. The number of likely N-dealkylation sites (N-methyl/N-ethyl adjacent to an activating group) is 1. The molecule has 1 amide bonds. The van der Waals surface area contributed by atoms with Gasteiger partial charge < -0.3 is 4.90 Å². The summed E-state index contributed by atoms with van der Waals surface area (Å²) in [5, 5.41) is 0. The highest BCUT2D eigenvalue weighted by Crippen LogP contribution is 2.36. The number of fused-ring (bicyclic) bond motifs is 1. The van der Waals surface area contributed by atoms with Gasteiger partial charge in [0.15, 0.2) is 0 Å². The van der Waals surface area contributed by atoms with Gasteiger partial charge in [-0.2, -0.15) is 0 Å². The largest absolute Gasteiger partial charge is 0.311 e. The van der Waals surface area contributed by atoms with Crippen LogP contribution in [0.1, 0.15) is 11.1 Å². The van der Waals surface area contributed by atoms with Gasteiger partial charge >= 0.3 is 0 Å². The molecule has 1 aliphatic rings. The first kappa shape index (κ1) is 11.7. The standard InChI is InChI=1S/C16H12FNO/c1-18-15-8-3-2-7-13(15)14(16(18)19)10-11-5-4-6-12(17)9-11/h2-10H,1H3. The van der Waals surface area contributed by atoms with Crippen LogP contribution in [0.15, 0.2) is 48.5 Å². The summed E-state index contributed by atoms with van der Waals surface area (Å²) in [5.41, 5.74) is 3.06. The Morgan fingerprint density at radius 1 is 1.11 bits per heavy atom. The van der Waals surface area contributed by atoms with Crippen LogP contribution in [0.3, 0.4) is 0 Å². The Hall–Kier alpha value is -2.42. The number of hydrogen-bond donors (Lipinski definition) is 0. The average Bonchev–Trinajstić information content (AvgIpc) is 2.65. The molecule has 19 heavy (non-hydrogen) atoms. The van der Waals surface area contributed by atoms with Crippen LogP contribution in [0.4, 0.5) is 10.1 Å². The zero-order valence-corrected chi connectivity index (χ0v) is 10.4. The van der Waals surface area contributed by atoms with Crippen LogP contribution in [0.5, 0.6) is 0 Å². The van der Waals surface area contributed by atoms with Gasteiger partial charge in [-0.05, 0) is 29.8 Å². The molecule has 0 atom stereocenters. The van der Waals surface area contributed by atoms with E-state index in [4.69, 9.17) is 0 Å². The maximum atomic E-state index is 13.2. The number of carbonyl (C=O) groups excluding carboxylic acids is 1. The van der Waals surface area contributed by atoms with E-state index in [-0.39, 0.29) is 11.7 Å². The van der Waals surface area contributed by atoms with Gasteiger partial charge in [-0.25, -0.2) is 4.39 Å². The number of amides is 1. The van der Waals surface area contributed by atoms with Gasteiger partial charge in [0.05, 0.1) is 5.69 Å². The Morgan fingerprint density at radius 3 is 2.68 bits per heavy atom. The lowest BCUT2D eigenvalue weighted by molar-refractivity contribution is -0.112. The van der Waals surface area contributed by atoms with Crippen LogP contribution in [0.2, 0.25) is 0 Å². The third-order valence-corrected chi connectivity index (χ3v) is 3.25. The smallest absolute Gasteiger partial charge is 0.258 e. The Balaban J connectivity index is 2.13. The lowest BCUT2D eigenvalue weighted by Crippen LogP contribution is -2.20. The van der Waals surface area contributed by atoms with E-state index in [1.165, 1.54) is 12.1 Å². The first-order valence-corrected chi connectivity index (χ1v) is 6.01. The fourth-order valence-electron chi connectivity index (χ4n) is 2.30. The summed E-state index contributed by atoms with van der Waals surface area (Å²) in [6.45, 7) is 0. The second kappa shape index (κ2) is 4.35. The van der Waals surface area contributed by atoms with Gasteiger partial charge in [-0.3, -0.25) is 4.79 Å². The number of hydrogen-bond acceptors (Lipinski definition) is 1. The maximum absolute atomic E-state index is 13.2. The van der Waals surface area contributed by atoms with Crippen molar-refractivity contribution in [1.82, 2.24) is 0 Å². The quantitative estimate of drug-likeness (QED) is 0.714. The predicted molar refractivity (Wildman–Crippen MR) is 74.1 cm³/mol. The molecule has 0 bridgehead atoms. The van der Waals surface area contributed by atoms with Crippen LogP contribution >= 0.6 is 0 Å². The lowest BCUT2D eigenvalue weighted by atomic mass is 10.0. The van der Waals surface area contributed by atoms with E-state index < -0.39 is 0 Å². The first-order chi connectivity index (χ1) is 9.16. The summed E-state index contributed by atoms with van der Waals surface area (Å²) in [6, 6.07) is 13.8. The second-order valence-electron chi connectivity index (χ2n) is 4.49. The van der Waals surface area contributed by atoms with E-state index in [1.807, 2.05) is 24.3 Å². The average molecular weight is 253 g/mol. The van der Waals surface area contributed by atoms with Crippen molar-refractivity contribution < 1.29 is 9.18 Å². The summed E-state index contributed by atoms with van der Waals surface area (Å²) >= 11 is 0. The molecule has 3 heteroatoms. The number of rotatable bonds is 1. The zero-order chi connectivity index (χ0) is 13.4. The maximum Gasteiger partial charge on any atom is 0.258 e. The summed E-state index contributed by atoms with van der Waals surface area (Å²) < 4.78 is 13.2. The molecule has 0 N–H and O–H groups in total. The first-order valence-electron chi connectivity index (χ1n) is 6.01. The summed E-state index contributed by atoms with van der Waals surface area (Å²) in [6.07, 6.45) is 1.73. The number of benzene rings is 2. The van der Waals surface area contributed by atoms with Crippen LogP contribution in [0, 0.1) is 5.82 Å². The van der Waals surface area contributed by atoms with Crippen molar-refractivity contribution in [3.05, 3.63) is 65.5 Å². The molecule has 94 valence electrons. The van der Waals surface area contributed by atoms with E-state index >= 15 is 0 Å². The minimum Gasteiger partial charge on any atom is -0.311 e. The van der Waals surface area contributed by atoms with E-state index in [1.54, 1.807) is 30.2 Å². The van der Waals surface area contributed by atoms with Gasteiger partial charge in [0.2, 0.25) is 0 Å². The Bertz CT molecular complexity index is 691. The van der Waals surface area contributed by atoms with Gasteiger partial charge in [-0.1, -0.05) is 30.3 Å². The minimum absolute atomic E-state index is 0.0644. The molecule has 2 aromatic rings. The summed E-state index contributed by atoms with van der Waals surface area (Å²) in [5.74, 6) is -0.369. The van der Waals surface area contributed by atoms with Crippen LogP contribution in [-0.4, -0.2) is 13.0 Å². The van der Waals surface area contributed by atoms with E-state index in [9.17, 15) is 9.18 Å². The molecule has 0 radical (unpaired) electrons. The summed E-state index contributed by atoms with van der Waals surface area (Å²) in [4.78, 5) is 13.8. The molecule has 0 saturated carbocycles. The lowest BCUT2D eigenvalue weighted by Gasteiger charge is -2.07. The van der Waals surface area contributed by atoms with Crippen molar-refractivity contribution in [2.75, 3.05) is 11.9 Å². The molecular weight excluding hydrogens is 241 g/mol. The number of halogens is 1. The minimum atomic E-state index is -0.304. The van der Waals surface area contributed by atoms with Crippen LogP contribution in [-0.2, 0) is 4.79 Å². The third-order valence-electron chi connectivity index (χ3n) is 3.25. The van der Waals surface area contributed by atoms with Crippen molar-refractivity contribution in [2.24, 2.45) is 0 Å². The SMILES string of the molecule is CN1C(=O)C(=Cc2cccc(F)c2)c2ccccc21. The molecule has 2 aromatic carbocycles. The molecule has 0 unspecified atom stereocenters. The molecule has 1 aliphatic heterocycles. The molecular formula is C16H12FNO. The van der Waals surface area contributed by atoms with E-state index in [0.29, 0.717) is 11.1 Å². The van der Waals surface area contributed by atoms with Crippen molar-refractivity contribution in [1.29, 1.82) is 0 Å². The topological polar surface area (TPSA) is 20.3 Å². The van der Waals surface area contributed by atoms with Crippen molar-refractivity contribution in [3.8, 4) is 0 Å². The van der Waals surface area contributed by atoms with Crippen molar-refractivity contribution in [2.45, 2.75) is 0 Å². The summed E-state index contributed by atoms with van der Waals surface area (Å²) in [7, 11) is 1.74. The molecule has 2 nitrogen and oxygen atoms in total. The zero-order valence-electron chi connectivity index (χ0n) is 10.4. The fourth-order valence-corrected chi connectivity index (χ4v) is 2.30. The highest BCUT2D eigenvalue weighted by molar-refractivity contribution is 6.35. The van der Waals surface area contributed by atoms with Gasteiger partial charge in [0.1, 0.15) is 5.82 Å². The Labute approximate surface area is 110 Å². The van der Waals surface area contributed by atoms with Crippen molar-refractivity contribution in [3.63, 3.8) is 0 Å². The van der Waals surface area contributed by atoms with Crippen molar-refractivity contribution >= 4 is 23.2 Å². The molecule has 0 saturated heterocycles. The Morgan fingerprint density at radius 2 is 1.89 bits per heavy atom. The number of para-hydroxylation sites is 1. The van der Waals surface area contributed by atoms with E-state index in [2.05, 4.69) is 0 Å². The van der Waals surface area contributed by atoms with Crippen LogP contribution in [0.25, 0.3) is 11.6 Å². The molecule has 0 aliphatic carbocycles. The van der Waals surface area contributed by atoms with E-state index in [0.717, 1.165) is 11.3 Å². The second-order valence-corrected chi connectivity index (χ2v) is 4.49. The molecule has 3 rings (SSSR count). The van der Waals surface area contributed by atoms with Gasteiger partial charge in [-0.15, -0.1) is 0 Å². The highest BCUT2D eigenvalue weighted by atomic mass is 19.1. The van der Waals surface area contributed by atoms with Crippen LogP contribution < -0.4 is 4.90 Å².